The quantitative estimate of drug-likeness (QED) is 0.781. The van der Waals surface area contributed by atoms with Gasteiger partial charge in [0, 0.05) is 6.04 Å². The number of thiazole rings is 1. The van der Waals surface area contributed by atoms with E-state index >= 15 is 0 Å². The van der Waals surface area contributed by atoms with Gasteiger partial charge in [0.1, 0.15) is 0 Å². The topological polar surface area (TPSA) is 24.9 Å². The molecule has 3 rings (SSSR count). The van der Waals surface area contributed by atoms with Crippen molar-refractivity contribution in [3.05, 3.63) is 23.8 Å². The average Bonchev–Trinajstić information content (AvgIpc) is 2.65. The van der Waals surface area contributed by atoms with Crippen LogP contribution >= 0.6 is 11.3 Å². The van der Waals surface area contributed by atoms with Crippen LogP contribution in [-0.4, -0.2) is 11.0 Å². The summed E-state index contributed by atoms with van der Waals surface area (Å²) < 4.78 is 1.30. The van der Waals surface area contributed by atoms with Gasteiger partial charge < -0.3 is 5.32 Å². The van der Waals surface area contributed by atoms with Crippen LogP contribution in [0.3, 0.4) is 0 Å². The summed E-state index contributed by atoms with van der Waals surface area (Å²) in [6, 6.07) is 7.11. The maximum Gasteiger partial charge on any atom is 0.184 e. The lowest BCUT2D eigenvalue weighted by atomic mass is 10.0. The highest BCUT2D eigenvalue weighted by Gasteiger charge is 2.17. The molecule has 0 spiro atoms. The molecular formula is C16H22N2S. The second-order valence-electron chi connectivity index (χ2n) is 5.94. The van der Waals surface area contributed by atoms with Crippen molar-refractivity contribution in [3.8, 4) is 0 Å². The number of nitrogens with zero attached hydrogens (tertiary/aromatic N) is 1. The van der Waals surface area contributed by atoms with E-state index < -0.39 is 0 Å². The molecule has 102 valence electrons. The minimum Gasteiger partial charge on any atom is -0.359 e. The number of benzene rings is 1. The van der Waals surface area contributed by atoms with E-state index in [1.807, 2.05) is 0 Å². The molecule has 2 atom stereocenters. The standard InChI is InChI=1S/C16H22N2S/c1-11-4-3-5-13(8-6-11)17-16-18-14-9-7-12(2)10-15(14)19-16/h7,9-11,13H,3-6,8H2,1-2H3,(H,17,18). The summed E-state index contributed by atoms with van der Waals surface area (Å²) in [6.45, 7) is 4.52. The molecule has 19 heavy (non-hydrogen) atoms. The predicted molar refractivity (Wildman–Crippen MR) is 84.0 cm³/mol. The average molecular weight is 274 g/mol. The zero-order valence-corrected chi connectivity index (χ0v) is 12.6. The first-order chi connectivity index (χ1) is 9.20. The first kappa shape index (κ1) is 12.9. The fraction of sp³-hybridized carbons (Fsp3) is 0.562. The third kappa shape index (κ3) is 3.08. The number of anilines is 1. The third-order valence-electron chi connectivity index (χ3n) is 4.13. The molecule has 0 radical (unpaired) electrons. The molecule has 1 N–H and O–H groups in total. The van der Waals surface area contributed by atoms with Crippen molar-refractivity contribution in [2.24, 2.45) is 5.92 Å². The summed E-state index contributed by atoms with van der Waals surface area (Å²) in [5, 5.41) is 4.76. The number of aryl methyl sites for hydroxylation is 1. The van der Waals surface area contributed by atoms with E-state index in [2.05, 4.69) is 37.4 Å². The van der Waals surface area contributed by atoms with Gasteiger partial charge in [-0.2, -0.15) is 0 Å². The van der Waals surface area contributed by atoms with Crippen LogP contribution in [0.25, 0.3) is 10.2 Å². The first-order valence-electron chi connectivity index (χ1n) is 7.34. The molecule has 0 aliphatic heterocycles. The van der Waals surface area contributed by atoms with Crippen LogP contribution in [0.15, 0.2) is 18.2 Å². The summed E-state index contributed by atoms with van der Waals surface area (Å²) in [6.07, 6.45) is 6.66. The van der Waals surface area contributed by atoms with Crippen LogP contribution in [0.2, 0.25) is 0 Å². The molecule has 0 saturated heterocycles. The van der Waals surface area contributed by atoms with E-state index in [0.717, 1.165) is 16.6 Å². The second-order valence-corrected chi connectivity index (χ2v) is 6.98. The Hall–Kier alpha value is -1.09. The molecule has 2 aromatic rings. The first-order valence-corrected chi connectivity index (χ1v) is 8.16. The van der Waals surface area contributed by atoms with Gasteiger partial charge in [-0.25, -0.2) is 4.98 Å². The number of hydrogen-bond acceptors (Lipinski definition) is 3. The SMILES string of the molecule is Cc1ccc2nc(NC3CCCC(C)CC3)sc2c1. The Balaban J connectivity index is 1.73. The van der Waals surface area contributed by atoms with E-state index in [9.17, 15) is 0 Å². The normalized spacial score (nSPS) is 24.3. The molecule has 0 amide bonds. The lowest BCUT2D eigenvalue weighted by Crippen LogP contribution is -2.18. The lowest BCUT2D eigenvalue weighted by Gasteiger charge is -2.15. The van der Waals surface area contributed by atoms with Crippen LogP contribution in [0.4, 0.5) is 5.13 Å². The maximum atomic E-state index is 4.70. The number of rotatable bonds is 2. The highest BCUT2D eigenvalue weighted by Crippen LogP contribution is 2.30. The van der Waals surface area contributed by atoms with Crippen LogP contribution in [0, 0.1) is 12.8 Å². The smallest absolute Gasteiger partial charge is 0.184 e. The Labute approximate surface area is 119 Å². The Bertz CT molecular complexity index is 561. The van der Waals surface area contributed by atoms with E-state index in [1.165, 1.54) is 42.4 Å². The molecule has 1 fully saturated rings. The van der Waals surface area contributed by atoms with E-state index in [-0.39, 0.29) is 0 Å². The fourth-order valence-electron chi connectivity index (χ4n) is 2.90. The Morgan fingerprint density at radius 1 is 1.21 bits per heavy atom. The molecule has 3 heteroatoms. The number of nitrogens with one attached hydrogen (secondary N) is 1. The second kappa shape index (κ2) is 5.49. The van der Waals surface area contributed by atoms with E-state index in [1.54, 1.807) is 11.3 Å². The number of fused-ring (bicyclic) bond motifs is 1. The molecule has 1 saturated carbocycles. The van der Waals surface area contributed by atoms with E-state index in [0.29, 0.717) is 6.04 Å². The molecule has 1 aliphatic rings. The van der Waals surface area contributed by atoms with Crippen LogP contribution in [0.1, 0.15) is 44.6 Å². The Kier molecular flexibility index (Phi) is 3.74. The van der Waals surface area contributed by atoms with Crippen molar-refractivity contribution >= 4 is 26.7 Å². The van der Waals surface area contributed by atoms with Gasteiger partial charge in [0.2, 0.25) is 0 Å². The monoisotopic (exact) mass is 274 g/mol. The molecule has 2 unspecified atom stereocenters. The molecule has 1 aromatic carbocycles. The number of aromatic nitrogens is 1. The van der Waals surface area contributed by atoms with Gasteiger partial charge in [-0.05, 0) is 49.8 Å². The minimum atomic E-state index is 0.617. The molecule has 1 aliphatic carbocycles. The van der Waals surface area contributed by atoms with Crippen molar-refractivity contribution in [2.75, 3.05) is 5.32 Å². The largest absolute Gasteiger partial charge is 0.359 e. The zero-order chi connectivity index (χ0) is 13.2. The van der Waals surface area contributed by atoms with Crippen LogP contribution in [0.5, 0.6) is 0 Å². The summed E-state index contributed by atoms with van der Waals surface area (Å²) in [7, 11) is 0. The van der Waals surface area contributed by atoms with Gasteiger partial charge in [0.25, 0.3) is 0 Å². The van der Waals surface area contributed by atoms with Crippen molar-refractivity contribution in [2.45, 2.75) is 52.0 Å². The predicted octanol–water partition coefficient (Wildman–Crippen LogP) is 4.99. The van der Waals surface area contributed by atoms with Gasteiger partial charge in [0.05, 0.1) is 10.2 Å². The van der Waals surface area contributed by atoms with Gasteiger partial charge in [-0.3, -0.25) is 0 Å². The van der Waals surface area contributed by atoms with Crippen LogP contribution < -0.4 is 5.32 Å². The molecule has 2 nitrogen and oxygen atoms in total. The third-order valence-corrected chi connectivity index (χ3v) is 5.08. The molecular weight excluding hydrogens is 252 g/mol. The number of hydrogen-bond donors (Lipinski definition) is 1. The van der Waals surface area contributed by atoms with Gasteiger partial charge in [0.15, 0.2) is 5.13 Å². The highest BCUT2D eigenvalue weighted by molar-refractivity contribution is 7.22. The molecule has 1 aromatic heterocycles. The fourth-order valence-corrected chi connectivity index (χ4v) is 3.94. The van der Waals surface area contributed by atoms with Crippen molar-refractivity contribution in [3.63, 3.8) is 0 Å². The van der Waals surface area contributed by atoms with Crippen molar-refractivity contribution < 1.29 is 0 Å². The van der Waals surface area contributed by atoms with Crippen molar-refractivity contribution in [1.82, 2.24) is 4.98 Å². The maximum absolute atomic E-state index is 4.70. The minimum absolute atomic E-state index is 0.617. The molecule has 0 bridgehead atoms. The van der Waals surface area contributed by atoms with E-state index in [4.69, 9.17) is 4.98 Å². The van der Waals surface area contributed by atoms with Gasteiger partial charge in [-0.1, -0.05) is 37.2 Å². The van der Waals surface area contributed by atoms with Crippen LogP contribution in [-0.2, 0) is 0 Å². The molecule has 1 heterocycles. The lowest BCUT2D eigenvalue weighted by molar-refractivity contribution is 0.502. The van der Waals surface area contributed by atoms with Crippen molar-refractivity contribution in [1.29, 1.82) is 0 Å². The summed E-state index contributed by atoms with van der Waals surface area (Å²) in [5.74, 6) is 0.893. The van der Waals surface area contributed by atoms with Gasteiger partial charge >= 0.3 is 0 Å². The highest BCUT2D eigenvalue weighted by atomic mass is 32.1. The zero-order valence-electron chi connectivity index (χ0n) is 11.8. The summed E-state index contributed by atoms with van der Waals surface area (Å²) >= 11 is 1.79. The summed E-state index contributed by atoms with van der Waals surface area (Å²) in [5.41, 5.74) is 2.44. The van der Waals surface area contributed by atoms with Gasteiger partial charge in [-0.15, -0.1) is 0 Å². The summed E-state index contributed by atoms with van der Waals surface area (Å²) in [4.78, 5) is 4.70. The Morgan fingerprint density at radius 3 is 3.00 bits per heavy atom. The Morgan fingerprint density at radius 2 is 2.11 bits per heavy atom.